The SMILES string of the molecule is CC1C2(c3ccc(F)cc3)OC(=N)C1(C#N)C(C#N)(C#N)C(c1cccc(Oc3ccccc3)c1)O2. The number of ether oxygens (including phenoxy) is 3. The summed E-state index contributed by atoms with van der Waals surface area (Å²) in [6.07, 6.45) is -1.30. The molecule has 1 N–H and O–H groups in total. The molecular weight excluding hydrogens is 459 g/mol. The van der Waals surface area contributed by atoms with Crippen molar-refractivity contribution in [3.63, 3.8) is 0 Å². The Morgan fingerprint density at radius 1 is 0.889 bits per heavy atom. The van der Waals surface area contributed by atoms with Crippen LogP contribution in [0.1, 0.15) is 24.2 Å². The van der Waals surface area contributed by atoms with Gasteiger partial charge in [0.2, 0.25) is 17.1 Å². The molecule has 36 heavy (non-hydrogen) atoms. The number of hydrogen-bond donors (Lipinski definition) is 1. The van der Waals surface area contributed by atoms with Crippen molar-refractivity contribution >= 4 is 5.90 Å². The van der Waals surface area contributed by atoms with Crippen LogP contribution in [0.4, 0.5) is 4.39 Å². The van der Waals surface area contributed by atoms with Crippen LogP contribution in [0, 0.1) is 62.0 Å². The van der Waals surface area contributed by atoms with E-state index < -0.39 is 40.4 Å². The van der Waals surface area contributed by atoms with Gasteiger partial charge in [0.25, 0.3) is 0 Å². The Morgan fingerprint density at radius 3 is 2.19 bits per heavy atom. The summed E-state index contributed by atoms with van der Waals surface area (Å²) in [5.74, 6) is -2.64. The van der Waals surface area contributed by atoms with Crippen molar-refractivity contribution in [2.45, 2.75) is 18.8 Å². The lowest BCUT2D eigenvalue weighted by Gasteiger charge is -2.48. The third-order valence-electron chi connectivity index (χ3n) is 7.06. The molecule has 2 saturated heterocycles. The van der Waals surface area contributed by atoms with Crippen LogP contribution in [0.25, 0.3) is 0 Å². The maximum atomic E-state index is 13.7. The van der Waals surface area contributed by atoms with Gasteiger partial charge >= 0.3 is 0 Å². The van der Waals surface area contributed by atoms with Crippen LogP contribution in [-0.4, -0.2) is 5.90 Å². The molecule has 2 aliphatic heterocycles. The minimum absolute atomic E-state index is 0.365. The Bertz CT molecular complexity index is 1460. The van der Waals surface area contributed by atoms with Gasteiger partial charge in [0.05, 0.1) is 24.1 Å². The molecule has 0 spiro atoms. The van der Waals surface area contributed by atoms with Crippen LogP contribution in [0.3, 0.4) is 0 Å². The quantitative estimate of drug-likeness (QED) is 0.511. The number of para-hydroxylation sites is 1. The van der Waals surface area contributed by atoms with Gasteiger partial charge < -0.3 is 14.2 Å². The molecule has 176 valence electrons. The van der Waals surface area contributed by atoms with E-state index in [0.29, 0.717) is 22.6 Å². The summed E-state index contributed by atoms with van der Waals surface area (Å²) in [5, 5.41) is 39.8. The Morgan fingerprint density at radius 2 is 1.56 bits per heavy atom. The van der Waals surface area contributed by atoms with Crippen molar-refractivity contribution in [1.82, 2.24) is 0 Å². The first-order valence-corrected chi connectivity index (χ1v) is 11.2. The van der Waals surface area contributed by atoms with Crippen LogP contribution in [0.15, 0.2) is 78.9 Å². The molecule has 0 amide bonds. The number of hydrogen-bond acceptors (Lipinski definition) is 7. The van der Waals surface area contributed by atoms with Crippen molar-refractivity contribution in [1.29, 1.82) is 21.2 Å². The molecule has 2 fully saturated rings. The molecule has 4 atom stereocenters. The van der Waals surface area contributed by atoms with Gasteiger partial charge in [-0.3, -0.25) is 5.41 Å². The molecule has 0 aromatic heterocycles. The molecule has 0 aliphatic carbocycles. The smallest absolute Gasteiger partial charge is 0.244 e. The maximum absolute atomic E-state index is 13.7. The van der Waals surface area contributed by atoms with Gasteiger partial charge in [-0.15, -0.1) is 0 Å². The summed E-state index contributed by atoms with van der Waals surface area (Å²) in [7, 11) is 0. The molecule has 0 radical (unpaired) electrons. The third kappa shape index (κ3) is 2.94. The highest BCUT2D eigenvalue weighted by molar-refractivity contribution is 5.89. The summed E-state index contributed by atoms with van der Waals surface area (Å²) in [6, 6.07) is 27.2. The van der Waals surface area contributed by atoms with Crippen LogP contribution >= 0.6 is 0 Å². The molecule has 4 unspecified atom stereocenters. The van der Waals surface area contributed by atoms with E-state index in [0.717, 1.165) is 0 Å². The third-order valence-corrected chi connectivity index (χ3v) is 7.06. The van der Waals surface area contributed by atoms with E-state index in [9.17, 15) is 20.2 Å². The lowest BCUT2D eigenvalue weighted by atomic mass is 9.53. The van der Waals surface area contributed by atoms with Crippen LogP contribution in [0.5, 0.6) is 11.5 Å². The first-order valence-electron chi connectivity index (χ1n) is 11.2. The molecule has 8 heteroatoms. The molecule has 3 aromatic rings. The fraction of sp³-hybridized carbons (Fsp3) is 0.214. The minimum atomic E-state index is -2.12. The van der Waals surface area contributed by atoms with Crippen molar-refractivity contribution in [2.75, 3.05) is 0 Å². The van der Waals surface area contributed by atoms with E-state index in [4.69, 9.17) is 19.6 Å². The zero-order valence-electron chi connectivity index (χ0n) is 19.1. The number of nitriles is 3. The van der Waals surface area contributed by atoms with Gasteiger partial charge in [-0.1, -0.05) is 37.3 Å². The topological polar surface area (TPSA) is 123 Å². The summed E-state index contributed by atoms with van der Waals surface area (Å²) < 4.78 is 32.0. The van der Waals surface area contributed by atoms with Crippen LogP contribution in [-0.2, 0) is 15.3 Å². The fourth-order valence-corrected chi connectivity index (χ4v) is 5.22. The first-order chi connectivity index (χ1) is 17.4. The zero-order chi connectivity index (χ0) is 25.6. The van der Waals surface area contributed by atoms with E-state index in [-0.39, 0.29) is 0 Å². The highest BCUT2D eigenvalue weighted by Gasteiger charge is 2.79. The van der Waals surface area contributed by atoms with Crippen molar-refractivity contribution in [3.05, 3.63) is 95.8 Å². The molecule has 2 heterocycles. The highest BCUT2D eigenvalue weighted by atomic mass is 19.1. The number of fused-ring (bicyclic) bond motifs is 2. The second-order valence-corrected chi connectivity index (χ2v) is 8.76. The Labute approximate surface area is 207 Å². The summed E-state index contributed by atoms with van der Waals surface area (Å²) >= 11 is 0. The van der Waals surface area contributed by atoms with E-state index in [1.165, 1.54) is 24.3 Å². The van der Waals surface area contributed by atoms with Gasteiger partial charge in [-0.25, -0.2) is 4.39 Å². The largest absolute Gasteiger partial charge is 0.457 e. The van der Waals surface area contributed by atoms with Gasteiger partial charge in [-0.2, -0.15) is 15.8 Å². The number of nitrogens with one attached hydrogen (secondary N) is 1. The lowest BCUT2D eigenvalue weighted by Crippen LogP contribution is -2.57. The average molecular weight is 478 g/mol. The molecule has 7 nitrogen and oxygen atoms in total. The predicted molar refractivity (Wildman–Crippen MR) is 125 cm³/mol. The Kier molecular flexibility index (Phi) is 5.25. The molecule has 5 rings (SSSR count). The summed E-state index contributed by atoms with van der Waals surface area (Å²) in [5.41, 5.74) is -3.32. The standard InChI is InChI=1S/C28H19FN4O3/c1-18-27(17-32)25(33)36-28(18,20-10-12-21(29)13-11-20)35-24(26(27,15-30)16-31)19-6-5-9-23(14-19)34-22-7-3-2-4-8-22/h2-14,18,24,33H,1H3. The lowest BCUT2D eigenvalue weighted by molar-refractivity contribution is -0.288. The summed E-state index contributed by atoms with van der Waals surface area (Å²) in [4.78, 5) is 0. The van der Waals surface area contributed by atoms with Gasteiger partial charge in [0, 0.05) is 5.56 Å². The fourth-order valence-electron chi connectivity index (χ4n) is 5.22. The first kappa shape index (κ1) is 23.1. The zero-order valence-corrected chi connectivity index (χ0v) is 19.1. The number of benzene rings is 3. The molecule has 3 aromatic carbocycles. The van der Waals surface area contributed by atoms with Crippen molar-refractivity contribution in [2.24, 2.45) is 16.7 Å². The predicted octanol–water partition coefficient (Wildman–Crippen LogP) is 5.73. The van der Waals surface area contributed by atoms with Crippen LogP contribution in [0.2, 0.25) is 0 Å². The Hall–Kier alpha value is -4.71. The highest BCUT2D eigenvalue weighted by Crippen LogP contribution is 2.69. The normalized spacial score (nSPS) is 27.7. The molecular formula is C28H19FN4O3. The summed E-state index contributed by atoms with van der Waals surface area (Å²) in [6.45, 7) is 1.60. The molecule has 0 saturated carbocycles. The monoisotopic (exact) mass is 478 g/mol. The van der Waals surface area contributed by atoms with Crippen molar-refractivity contribution in [3.8, 4) is 29.7 Å². The molecule has 2 aliphatic rings. The number of rotatable bonds is 4. The van der Waals surface area contributed by atoms with E-state index in [1.807, 2.05) is 30.3 Å². The maximum Gasteiger partial charge on any atom is 0.244 e. The van der Waals surface area contributed by atoms with Gasteiger partial charge in [0.1, 0.15) is 23.4 Å². The van der Waals surface area contributed by atoms with E-state index in [2.05, 4.69) is 6.07 Å². The average Bonchev–Trinajstić information content (AvgIpc) is 3.06. The van der Waals surface area contributed by atoms with Crippen LogP contribution < -0.4 is 4.74 Å². The second kappa shape index (κ2) is 8.20. The number of nitrogens with zero attached hydrogens (tertiary/aromatic N) is 3. The Balaban J connectivity index is 1.70. The van der Waals surface area contributed by atoms with Gasteiger partial charge in [-0.05, 0) is 54.1 Å². The second-order valence-electron chi connectivity index (χ2n) is 8.76. The van der Waals surface area contributed by atoms with E-state index >= 15 is 0 Å². The molecule has 2 bridgehead atoms. The number of halogens is 1. The minimum Gasteiger partial charge on any atom is -0.457 e. The van der Waals surface area contributed by atoms with E-state index in [1.54, 1.807) is 43.3 Å². The van der Waals surface area contributed by atoms with Gasteiger partial charge in [0.15, 0.2) is 5.41 Å². The van der Waals surface area contributed by atoms with Crippen molar-refractivity contribution < 1.29 is 18.6 Å².